The highest BCUT2D eigenvalue weighted by Crippen LogP contribution is 2.34. The molecule has 9 nitrogen and oxygen atoms in total. The molecule has 0 bridgehead atoms. The molecular formula is C17H18FN5O4S. The van der Waals surface area contributed by atoms with Crippen molar-refractivity contribution < 1.29 is 24.4 Å². The van der Waals surface area contributed by atoms with Gasteiger partial charge in [0.1, 0.15) is 34.7 Å². The number of thioether (sulfide) groups is 1. The maximum absolute atomic E-state index is 13.1. The molecule has 28 heavy (non-hydrogen) atoms. The summed E-state index contributed by atoms with van der Waals surface area (Å²) >= 11 is 1.36. The summed E-state index contributed by atoms with van der Waals surface area (Å²) in [6, 6.07) is 6.14. The van der Waals surface area contributed by atoms with Gasteiger partial charge in [-0.25, -0.2) is 14.4 Å². The van der Waals surface area contributed by atoms with E-state index in [0.717, 1.165) is 5.56 Å². The minimum absolute atomic E-state index is 0.0163. The predicted molar refractivity (Wildman–Crippen MR) is 98.7 cm³/mol. The molecule has 3 heterocycles. The molecule has 148 valence electrons. The third-order valence-corrected chi connectivity index (χ3v) is 5.52. The van der Waals surface area contributed by atoms with E-state index in [0.29, 0.717) is 21.9 Å². The third-order valence-electron chi connectivity index (χ3n) is 4.49. The van der Waals surface area contributed by atoms with Crippen molar-refractivity contribution >= 4 is 28.9 Å². The van der Waals surface area contributed by atoms with Gasteiger partial charge in [0.25, 0.3) is 0 Å². The lowest BCUT2D eigenvalue weighted by Crippen LogP contribution is -2.33. The number of anilines is 1. The number of nitrogen functional groups attached to an aromatic ring is 1. The van der Waals surface area contributed by atoms with Gasteiger partial charge in [0.05, 0.1) is 12.9 Å². The highest BCUT2D eigenvalue weighted by Gasteiger charge is 2.44. The minimum Gasteiger partial charge on any atom is -0.394 e. The molecule has 4 unspecified atom stereocenters. The second-order valence-electron chi connectivity index (χ2n) is 6.36. The smallest absolute Gasteiger partial charge is 0.223 e. The van der Waals surface area contributed by atoms with E-state index in [9.17, 15) is 19.7 Å². The molecule has 1 aliphatic rings. The predicted octanol–water partition coefficient (Wildman–Crippen LogP) is 0.451. The standard InChI is InChI=1S/C17H18FN5O4S/c18-9-3-1-8(2-4-9)6-28-15-11-14(21-17(19)22-15)23(7-20-11)16-13(26)12(25)10(5-24)27-16/h1-4,7,10,12-13,16,24-26H,5-6H2,(H2,19,21,22). The van der Waals surface area contributed by atoms with Crippen molar-refractivity contribution in [1.29, 1.82) is 0 Å². The Balaban J connectivity index is 1.64. The number of aliphatic hydroxyl groups excluding tert-OH is 3. The zero-order chi connectivity index (χ0) is 19.8. The van der Waals surface area contributed by atoms with E-state index >= 15 is 0 Å². The SMILES string of the molecule is Nc1nc(SCc2ccc(F)cc2)c2ncn(C3OC(CO)C(O)C3O)c2n1. The first-order valence-corrected chi connectivity index (χ1v) is 9.46. The van der Waals surface area contributed by atoms with E-state index in [1.54, 1.807) is 12.1 Å². The number of imidazole rings is 1. The number of benzene rings is 1. The highest BCUT2D eigenvalue weighted by molar-refractivity contribution is 7.98. The zero-order valence-electron chi connectivity index (χ0n) is 14.5. The Morgan fingerprint density at radius 1 is 1.18 bits per heavy atom. The van der Waals surface area contributed by atoms with E-state index in [1.807, 2.05) is 0 Å². The fraction of sp³-hybridized carbons (Fsp3) is 0.353. The van der Waals surface area contributed by atoms with Crippen LogP contribution in [0.3, 0.4) is 0 Å². The lowest BCUT2D eigenvalue weighted by atomic mass is 10.1. The number of halogens is 1. The van der Waals surface area contributed by atoms with E-state index in [4.69, 9.17) is 10.5 Å². The van der Waals surface area contributed by atoms with Crippen molar-refractivity contribution in [1.82, 2.24) is 19.5 Å². The fourth-order valence-corrected chi connectivity index (χ4v) is 3.97. The van der Waals surface area contributed by atoms with Gasteiger partial charge in [-0.15, -0.1) is 0 Å². The van der Waals surface area contributed by atoms with E-state index in [2.05, 4.69) is 15.0 Å². The van der Waals surface area contributed by atoms with Crippen molar-refractivity contribution in [3.05, 3.63) is 42.0 Å². The van der Waals surface area contributed by atoms with E-state index in [-0.39, 0.29) is 11.8 Å². The topological polar surface area (TPSA) is 140 Å². The first-order valence-electron chi connectivity index (χ1n) is 8.47. The number of rotatable bonds is 5. The molecule has 0 amide bonds. The fourth-order valence-electron chi connectivity index (χ4n) is 3.04. The Labute approximate surface area is 163 Å². The van der Waals surface area contributed by atoms with Crippen LogP contribution in [0.1, 0.15) is 11.8 Å². The van der Waals surface area contributed by atoms with Crippen LogP contribution in [0.2, 0.25) is 0 Å². The Bertz CT molecular complexity index is 986. The van der Waals surface area contributed by atoms with Gasteiger partial charge >= 0.3 is 0 Å². The van der Waals surface area contributed by atoms with Gasteiger partial charge < -0.3 is 25.8 Å². The summed E-state index contributed by atoms with van der Waals surface area (Å²) in [5, 5.41) is 30.0. The molecule has 0 saturated carbocycles. The molecule has 2 aromatic heterocycles. The lowest BCUT2D eigenvalue weighted by molar-refractivity contribution is -0.0511. The Kier molecular flexibility index (Phi) is 5.17. The molecular weight excluding hydrogens is 389 g/mol. The average Bonchev–Trinajstić information content (AvgIpc) is 3.22. The van der Waals surface area contributed by atoms with Crippen LogP contribution in [0, 0.1) is 5.82 Å². The van der Waals surface area contributed by atoms with E-state index < -0.39 is 31.1 Å². The normalized spacial score (nSPS) is 24.9. The highest BCUT2D eigenvalue weighted by atomic mass is 32.2. The van der Waals surface area contributed by atoms with Crippen molar-refractivity contribution in [3.8, 4) is 0 Å². The first kappa shape index (κ1) is 19.0. The molecule has 4 rings (SSSR count). The summed E-state index contributed by atoms with van der Waals surface area (Å²) < 4.78 is 20.0. The average molecular weight is 407 g/mol. The zero-order valence-corrected chi connectivity index (χ0v) is 15.3. The summed E-state index contributed by atoms with van der Waals surface area (Å²) in [7, 11) is 0. The van der Waals surface area contributed by atoms with Gasteiger partial charge in [-0.05, 0) is 17.7 Å². The summed E-state index contributed by atoms with van der Waals surface area (Å²) in [5.41, 5.74) is 7.53. The summed E-state index contributed by atoms with van der Waals surface area (Å²) in [6.45, 7) is -0.433. The molecule has 0 radical (unpaired) electrons. The van der Waals surface area contributed by atoms with Gasteiger partial charge in [-0.1, -0.05) is 23.9 Å². The van der Waals surface area contributed by atoms with E-state index in [1.165, 1.54) is 34.8 Å². The summed E-state index contributed by atoms with van der Waals surface area (Å²) in [6.07, 6.45) is -2.97. The molecule has 5 N–H and O–H groups in total. The van der Waals surface area contributed by atoms with Crippen LogP contribution in [-0.4, -0.2) is 59.8 Å². The molecule has 0 spiro atoms. The molecule has 4 atom stereocenters. The van der Waals surface area contributed by atoms with Gasteiger partial charge in [-0.2, -0.15) is 4.98 Å². The van der Waals surface area contributed by atoms with Crippen molar-refractivity contribution in [2.75, 3.05) is 12.3 Å². The Morgan fingerprint density at radius 3 is 2.61 bits per heavy atom. The number of hydrogen-bond acceptors (Lipinski definition) is 9. The molecule has 3 aromatic rings. The number of fused-ring (bicyclic) bond motifs is 1. The molecule has 1 aromatic carbocycles. The largest absolute Gasteiger partial charge is 0.394 e. The second kappa shape index (κ2) is 7.60. The number of hydrogen-bond donors (Lipinski definition) is 4. The lowest BCUT2D eigenvalue weighted by Gasteiger charge is -2.16. The van der Waals surface area contributed by atoms with Crippen LogP contribution < -0.4 is 5.73 Å². The number of nitrogens with zero attached hydrogens (tertiary/aromatic N) is 4. The second-order valence-corrected chi connectivity index (χ2v) is 7.32. The first-order chi connectivity index (χ1) is 13.5. The van der Waals surface area contributed by atoms with Crippen molar-refractivity contribution in [3.63, 3.8) is 0 Å². The number of aliphatic hydroxyl groups is 3. The van der Waals surface area contributed by atoms with Crippen molar-refractivity contribution in [2.45, 2.75) is 35.3 Å². The van der Waals surface area contributed by atoms with Gasteiger partial charge in [0, 0.05) is 5.75 Å². The molecule has 1 saturated heterocycles. The third kappa shape index (κ3) is 3.42. The van der Waals surface area contributed by atoms with Crippen LogP contribution in [-0.2, 0) is 10.5 Å². The van der Waals surface area contributed by atoms with Gasteiger partial charge in [-0.3, -0.25) is 4.57 Å². The van der Waals surface area contributed by atoms with Gasteiger partial charge in [0.2, 0.25) is 5.95 Å². The quantitative estimate of drug-likeness (QED) is 0.351. The number of aromatic nitrogens is 4. The minimum atomic E-state index is -1.26. The number of ether oxygens (including phenoxy) is 1. The van der Waals surface area contributed by atoms with Gasteiger partial charge in [0.15, 0.2) is 11.9 Å². The molecule has 1 fully saturated rings. The molecule has 11 heteroatoms. The Hall–Kier alpha value is -2.31. The Morgan fingerprint density at radius 2 is 1.93 bits per heavy atom. The van der Waals surface area contributed by atoms with Crippen LogP contribution in [0.15, 0.2) is 35.6 Å². The van der Waals surface area contributed by atoms with Crippen molar-refractivity contribution in [2.24, 2.45) is 0 Å². The van der Waals surface area contributed by atoms with Crippen LogP contribution in [0.5, 0.6) is 0 Å². The summed E-state index contributed by atoms with van der Waals surface area (Å²) in [5.74, 6) is 0.231. The van der Waals surface area contributed by atoms with Crippen LogP contribution in [0.25, 0.3) is 11.2 Å². The van der Waals surface area contributed by atoms with Crippen LogP contribution in [0.4, 0.5) is 10.3 Å². The monoisotopic (exact) mass is 407 g/mol. The maximum atomic E-state index is 13.1. The van der Waals surface area contributed by atoms with Crippen LogP contribution >= 0.6 is 11.8 Å². The summed E-state index contributed by atoms with van der Waals surface area (Å²) in [4.78, 5) is 12.7. The molecule has 0 aliphatic carbocycles. The molecule has 1 aliphatic heterocycles. The maximum Gasteiger partial charge on any atom is 0.223 e. The number of nitrogens with two attached hydrogens (primary N) is 1.